The van der Waals surface area contributed by atoms with Gasteiger partial charge in [0, 0.05) is 11.1 Å². The Bertz CT molecular complexity index is 1110. The third-order valence-electron chi connectivity index (χ3n) is 4.12. The van der Waals surface area contributed by atoms with Crippen LogP contribution in [0.2, 0.25) is 5.02 Å². The zero-order valence-corrected chi connectivity index (χ0v) is 16.5. The molecule has 0 fully saturated rings. The van der Waals surface area contributed by atoms with Crippen LogP contribution in [-0.2, 0) is 4.79 Å². The third-order valence-corrected chi connectivity index (χ3v) is 4.37. The maximum Gasteiger partial charge on any atom is 0.264 e. The van der Waals surface area contributed by atoms with E-state index in [0.29, 0.717) is 28.0 Å². The molecule has 1 amide bonds. The maximum absolute atomic E-state index is 12.0. The van der Waals surface area contributed by atoms with E-state index in [1.54, 1.807) is 42.6 Å². The van der Waals surface area contributed by atoms with Crippen LogP contribution in [0.15, 0.2) is 77.9 Å². The Labute approximate surface area is 178 Å². The van der Waals surface area contributed by atoms with Gasteiger partial charge < -0.3 is 14.2 Å². The van der Waals surface area contributed by atoms with E-state index in [2.05, 4.69) is 10.5 Å². The second kappa shape index (κ2) is 9.15. The summed E-state index contributed by atoms with van der Waals surface area (Å²) in [5, 5.41) is 4.62. The first-order valence-electron chi connectivity index (χ1n) is 9.10. The number of nitrogens with zero attached hydrogens (tertiary/aromatic N) is 1. The molecule has 150 valence electrons. The molecule has 30 heavy (non-hydrogen) atoms. The van der Waals surface area contributed by atoms with E-state index in [1.807, 2.05) is 36.4 Å². The average molecular weight is 421 g/mol. The summed E-state index contributed by atoms with van der Waals surface area (Å²) < 4.78 is 16.4. The normalized spacial score (nSPS) is 12.4. The number of carbonyl (C=O) groups is 1. The number of hydrogen-bond donors (Lipinski definition) is 1. The summed E-state index contributed by atoms with van der Waals surface area (Å²) in [6.45, 7) is 0.212. The van der Waals surface area contributed by atoms with Crippen molar-refractivity contribution >= 4 is 29.8 Å². The van der Waals surface area contributed by atoms with Gasteiger partial charge >= 0.3 is 0 Å². The third kappa shape index (κ3) is 5.18. The van der Waals surface area contributed by atoms with Gasteiger partial charge in [0.2, 0.25) is 6.79 Å². The van der Waals surface area contributed by atoms with E-state index in [0.717, 1.165) is 11.1 Å². The second-order valence-corrected chi connectivity index (χ2v) is 6.75. The lowest BCUT2D eigenvalue weighted by molar-refractivity contribution is -0.116. The fourth-order valence-corrected chi connectivity index (χ4v) is 2.82. The summed E-state index contributed by atoms with van der Waals surface area (Å²) in [5.41, 5.74) is 4.07. The molecule has 0 saturated heterocycles. The van der Waals surface area contributed by atoms with Crippen LogP contribution in [-0.4, -0.2) is 18.9 Å². The molecular formula is C23H17ClN2O4. The summed E-state index contributed by atoms with van der Waals surface area (Å²) in [5.74, 6) is 2.34. The van der Waals surface area contributed by atoms with Crippen molar-refractivity contribution in [2.75, 3.05) is 6.79 Å². The standard InChI is InChI=1S/C23H17ClN2O4/c24-18-6-8-19(9-7-18)30-20-3-1-2-17(12-20)14-25-26-23(27)11-5-16-4-10-21-22(13-16)29-15-28-21/h1-14H,15H2,(H,26,27). The van der Waals surface area contributed by atoms with E-state index in [9.17, 15) is 4.79 Å². The van der Waals surface area contributed by atoms with E-state index < -0.39 is 0 Å². The van der Waals surface area contributed by atoms with Crippen LogP contribution in [0, 0.1) is 0 Å². The van der Waals surface area contributed by atoms with E-state index >= 15 is 0 Å². The van der Waals surface area contributed by atoms with Crippen LogP contribution in [0.3, 0.4) is 0 Å². The number of ether oxygens (including phenoxy) is 3. The van der Waals surface area contributed by atoms with Crippen molar-refractivity contribution in [2.45, 2.75) is 0 Å². The number of hydrogen-bond acceptors (Lipinski definition) is 5. The predicted octanol–water partition coefficient (Wildman–Crippen LogP) is 5.02. The van der Waals surface area contributed by atoms with Crippen LogP contribution < -0.4 is 19.6 Å². The molecule has 0 radical (unpaired) electrons. The molecule has 1 aliphatic heterocycles. The Hall–Kier alpha value is -3.77. The van der Waals surface area contributed by atoms with Gasteiger partial charge in [0.05, 0.1) is 6.21 Å². The molecule has 4 rings (SSSR count). The molecule has 0 saturated carbocycles. The van der Waals surface area contributed by atoms with Crippen molar-refractivity contribution in [1.82, 2.24) is 5.43 Å². The Balaban J connectivity index is 1.32. The second-order valence-electron chi connectivity index (χ2n) is 6.31. The minimum absolute atomic E-state index is 0.212. The highest BCUT2D eigenvalue weighted by Crippen LogP contribution is 2.32. The monoisotopic (exact) mass is 420 g/mol. The van der Waals surface area contributed by atoms with E-state index in [-0.39, 0.29) is 12.7 Å². The molecule has 3 aromatic rings. The van der Waals surface area contributed by atoms with Crippen molar-refractivity contribution < 1.29 is 19.0 Å². The van der Waals surface area contributed by atoms with E-state index in [4.69, 9.17) is 25.8 Å². The molecule has 0 bridgehead atoms. The predicted molar refractivity (Wildman–Crippen MR) is 115 cm³/mol. The van der Waals surface area contributed by atoms with Gasteiger partial charge in [0.25, 0.3) is 5.91 Å². The fraction of sp³-hybridized carbons (Fsp3) is 0.0435. The lowest BCUT2D eigenvalue weighted by atomic mass is 10.2. The minimum atomic E-state index is -0.350. The molecule has 0 atom stereocenters. The van der Waals surface area contributed by atoms with Crippen molar-refractivity contribution in [2.24, 2.45) is 5.10 Å². The first-order chi connectivity index (χ1) is 14.7. The molecule has 1 N–H and O–H groups in total. The molecule has 7 heteroatoms. The van der Waals surface area contributed by atoms with Crippen molar-refractivity contribution in [3.05, 3.63) is 89.0 Å². The SMILES string of the molecule is O=C(C=Cc1ccc2c(c1)OCO2)NN=Cc1cccc(Oc2ccc(Cl)cc2)c1. The minimum Gasteiger partial charge on any atom is -0.457 e. The zero-order chi connectivity index (χ0) is 20.8. The first kappa shape index (κ1) is 19.5. The zero-order valence-electron chi connectivity index (χ0n) is 15.7. The molecule has 1 aliphatic rings. The van der Waals surface area contributed by atoms with Gasteiger partial charge in [-0.25, -0.2) is 5.43 Å². The molecule has 0 spiro atoms. The number of amides is 1. The molecule has 3 aromatic carbocycles. The average Bonchev–Trinajstić information content (AvgIpc) is 3.22. The summed E-state index contributed by atoms with van der Waals surface area (Å²) in [4.78, 5) is 12.0. The van der Waals surface area contributed by atoms with Gasteiger partial charge in [-0.15, -0.1) is 0 Å². The first-order valence-corrected chi connectivity index (χ1v) is 9.48. The number of benzene rings is 3. The molecule has 1 heterocycles. The Morgan fingerprint density at radius 3 is 2.67 bits per heavy atom. The largest absolute Gasteiger partial charge is 0.457 e. The number of nitrogens with one attached hydrogen (secondary N) is 1. The fourth-order valence-electron chi connectivity index (χ4n) is 2.69. The number of carbonyl (C=O) groups excluding carboxylic acids is 1. The highest BCUT2D eigenvalue weighted by atomic mass is 35.5. The highest BCUT2D eigenvalue weighted by Gasteiger charge is 2.12. The van der Waals surface area contributed by atoms with Crippen LogP contribution in [0.25, 0.3) is 6.08 Å². The quantitative estimate of drug-likeness (QED) is 0.345. The molecule has 6 nitrogen and oxygen atoms in total. The highest BCUT2D eigenvalue weighted by molar-refractivity contribution is 6.30. The van der Waals surface area contributed by atoms with E-state index in [1.165, 1.54) is 6.08 Å². The van der Waals surface area contributed by atoms with Crippen molar-refractivity contribution in [3.8, 4) is 23.0 Å². The summed E-state index contributed by atoms with van der Waals surface area (Å²) in [6, 6.07) is 19.9. The van der Waals surface area contributed by atoms with Gasteiger partial charge in [-0.05, 0) is 65.7 Å². The Morgan fingerprint density at radius 2 is 1.80 bits per heavy atom. The van der Waals surface area contributed by atoms with Gasteiger partial charge in [0.15, 0.2) is 11.5 Å². The number of fused-ring (bicyclic) bond motifs is 1. The summed E-state index contributed by atoms with van der Waals surface area (Å²) in [7, 11) is 0. The smallest absolute Gasteiger partial charge is 0.264 e. The maximum atomic E-state index is 12.0. The van der Waals surface area contributed by atoms with Gasteiger partial charge in [0.1, 0.15) is 11.5 Å². The number of hydrazone groups is 1. The molecular weight excluding hydrogens is 404 g/mol. The van der Waals surface area contributed by atoms with Crippen LogP contribution in [0.4, 0.5) is 0 Å². The summed E-state index contributed by atoms with van der Waals surface area (Å²) >= 11 is 5.88. The van der Waals surface area contributed by atoms with Crippen molar-refractivity contribution in [3.63, 3.8) is 0 Å². The Kier molecular flexibility index (Phi) is 5.96. The molecule has 0 aromatic heterocycles. The molecule has 0 aliphatic carbocycles. The number of halogens is 1. The van der Waals surface area contributed by atoms with Crippen molar-refractivity contribution in [1.29, 1.82) is 0 Å². The van der Waals surface area contributed by atoms with Crippen LogP contribution in [0.5, 0.6) is 23.0 Å². The van der Waals surface area contributed by atoms with Gasteiger partial charge in [-0.2, -0.15) is 5.10 Å². The van der Waals surface area contributed by atoms with Crippen LogP contribution >= 0.6 is 11.6 Å². The number of rotatable bonds is 6. The topological polar surface area (TPSA) is 69.2 Å². The van der Waals surface area contributed by atoms with Crippen LogP contribution in [0.1, 0.15) is 11.1 Å². The molecule has 0 unspecified atom stereocenters. The Morgan fingerprint density at radius 1 is 0.967 bits per heavy atom. The lowest BCUT2D eigenvalue weighted by Gasteiger charge is -2.06. The van der Waals surface area contributed by atoms with Gasteiger partial charge in [-0.3, -0.25) is 4.79 Å². The van der Waals surface area contributed by atoms with Gasteiger partial charge in [-0.1, -0.05) is 29.8 Å². The lowest BCUT2D eigenvalue weighted by Crippen LogP contribution is -2.14. The summed E-state index contributed by atoms with van der Waals surface area (Å²) in [6.07, 6.45) is 4.61.